The van der Waals surface area contributed by atoms with Gasteiger partial charge >= 0.3 is 0 Å². The van der Waals surface area contributed by atoms with Gasteiger partial charge in [-0.25, -0.2) is 0 Å². The Bertz CT molecular complexity index is 726. The zero-order valence-electron chi connectivity index (χ0n) is 12.3. The van der Waals surface area contributed by atoms with E-state index in [0.29, 0.717) is 29.7 Å². The predicted octanol–water partition coefficient (Wildman–Crippen LogP) is 2.75. The third-order valence-electron chi connectivity index (χ3n) is 2.94. The number of aryl methyl sites for hydroxylation is 1. The summed E-state index contributed by atoms with van der Waals surface area (Å²) >= 11 is 5.86. The van der Waals surface area contributed by atoms with Gasteiger partial charge in [-0.1, -0.05) is 17.7 Å². The van der Waals surface area contributed by atoms with Crippen molar-refractivity contribution in [1.29, 1.82) is 0 Å². The number of hydrogen-bond donors (Lipinski definition) is 0. The lowest BCUT2D eigenvalue weighted by atomic mass is 10.3. The van der Waals surface area contributed by atoms with Gasteiger partial charge in [0.25, 0.3) is 5.91 Å². The highest BCUT2D eigenvalue weighted by atomic mass is 35.5. The first kappa shape index (κ1) is 16.1. The summed E-state index contributed by atoms with van der Waals surface area (Å²) in [5.41, 5.74) is -0.254. The van der Waals surface area contributed by atoms with E-state index in [1.54, 1.807) is 38.2 Å². The first-order chi connectivity index (χ1) is 10.5. The third-order valence-corrected chi connectivity index (χ3v) is 3.17. The van der Waals surface area contributed by atoms with Crippen LogP contribution in [-0.2, 0) is 0 Å². The number of hydrogen-bond acceptors (Lipinski definition) is 4. The van der Waals surface area contributed by atoms with Crippen LogP contribution in [0.4, 0.5) is 0 Å². The number of benzene rings is 1. The quantitative estimate of drug-likeness (QED) is 0.849. The molecule has 1 aromatic heterocycles. The van der Waals surface area contributed by atoms with Crippen LogP contribution >= 0.6 is 11.6 Å². The van der Waals surface area contributed by atoms with Crippen molar-refractivity contribution in [3.8, 4) is 5.75 Å². The van der Waals surface area contributed by atoms with Gasteiger partial charge < -0.3 is 14.1 Å². The van der Waals surface area contributed by atoms with E-state index in [4.69, 9.17) is 20.8 Å². The second kappa shape index (κ2) is 7.13. The first-order valence-corrected chi connectivity index (χ1v) is 7.09. The minimum atomic E-state index is -0.365. The molecule has 1 aromatic carbocycles. The topological polar surface area (TPSA) is 59.8 Å². The van der Waals surface area contributed by atoms with Gasteiger partial charge in [-0.3, -0.25) is 9.59 Å². The summed E-state index contributed by atoms with van der Waals surface area (Å²) < 4.78 is 10.8. The van der Waals surface area contributed by atoms with E-state index >= 15 is 0 Å². The standard InChI is InChI=1S/C16H16ClNO4/c1-11-8-13(19)10-15(22-11)16(20)18(2)6-7-21-14-5-3-4-12(17)9-14/h3-5,8-10H,6-7H2,1-2H3. The second-order valence-electron chi connectivity index (χ2n) is 4.80. The van der Waals surface area contributed by atoms with E-state index in [-0.39, 0.29) is 17.1 Å². The van der Waals surface area contributed by atoms with Crippen molar-refractivity contribution in [3.63, 3.8) is 0 Å². The van der Waals surface area contributed by atoms with Crippen LogP contribution in [0.15, 0.2) is 45.6 Å². The summed E-state index contributed by atoms with van der Waals surface area (Å²) in [5, 5.41) is 0.587. The van der Waals surface area contributed by atoms with Crippen molar-refractivity contribution in [1.82, 2.24) is 4.90 Å². The van der Waals surface area contributed by atoms with Crippen LogP contribution in [0.2, 0.25) is 5.02 Å². The average Bonchev–Trinajstić information content (AvgIpc) is 2.45. The van der Waals surface area contributed by atoms with Crippen LogP contribution in [0.25, 0.3) is 0 Å². The Kier molecular flexibility index (Phi) is 5.22. The van der Waals surface area contributed by atoms with Gasteiger partial charge in [0.15, 0.2) is 11.2 Å². The van der Waals surface area contributed by atoms with Crippen molar-refractivity contribution < 1.29 is 13.9 Å². The van der Waals surface area contributed by atoms with E-state index in [1.165, 1.54) is 17.0 Å². The molecule has 0 aliphatic rings. The molecular formula is C16H16ClNO4. The third kappa shape index (κ3) is 4.36. The Balaban J connectivity index is 1.92. The summed E-state index contributed by atoms with van der Waals surface area (Å²) in [6.45, 7) is 2.28. The van der Waals surface area contributed by atoms with Gasteiger partial charge in [0.2, 0.25) is 0 Å². The number of likely N-dealkylation sites (N-methyl/N-ethyl adjacent to an activating group) is 1. The maximum Gasteiger partial charge on any atom is 0.289 e. The summed E-state index contributed by atoms with van der Waals surface area (Å²) in [7, 11) is 1.62. The Morgan fingerprint density at radius 1 is 1.32 bits per heavy atom. The average molecular weight is 322 g/mol. The fraction of sp³-hybridized carbons (Fsp3) is 0.250. The molecule has 0 saturated heterocycles. The number of halogens is 1. The van der Waals surface area contributed by atoms with E-state index in [9.17, 15) is 9.59 Å². The molecule has 0 unspecified atom stereocenters. The highest BCUT2D eigenvalue weighted by Crippen LogP contribution is 2.17. The highest BCUT2D eigenvalue weighted by molar-refractivity contribution is 6.30. The van der Waals surface area contributed by atoms with Crippen LogP contribution in [0.3, 0.4) is 0 Å². The number of nitrogens with zero attached hydrogens (tertiary/aromatic N) is 1. The van der Waals surface area contributed by atoms with Gasteiger partial charge in [0.05, 0.1) is 6.54 Å². The number of carbonyl (C=O) groups excluding carboxylic acids is 1. The molecule has 0 radical (unpaired) electrons. The Labute approximate surface area is 133 Å². The summed E-state index contributed by atoms with van der Waals surface area (Å²) in [4.78, 5) is 25.0. The van der Waals surface area contributed by atoms with E-state index in [2.05, 4.69) is 0 Å². The largest absolute Gasteiger partial charge is 0.492 e. The molecule has 2 aromatic rings. The van der Waals surface area contributed by atoms with Crippen LogP contribution in [0.1, 0.15) is 16.3 Å². The Morgan fingerprint density at radius 2 is 2.09 bits per heavy atom. The molecule has 0 spiro atoms. The Hall–Kier alpha value is -2.27. The molecule has 1 heterocycles. The van der Waals surface area contributed by atoms with E-state index in [1.807, 2.05) is 0 Å². The molecule has 0 aliphatic carbocycles. The van der Waals surface area contributed by atoms with Gasteiger partial charge in [-0.15, -0.1) is 0 Å². The molecule has 116 valence electrons. The van der Waals surface area contributed by atoms with E-state index in [0.717, 1.165) is 0 Å². The van der Waals surface area contributed by atoms with Crippen LogP contribution in [0.5, 0.6) is 5.75 Å². The van der Waals surface area contributed by atoms with Crippen LogP contribution in [-0.4, -0.2) is 31.0 Å². The minimum absolute atomic E-state index is 0.0234. The SMILES string of the molecule is Cc1cc(=O)cc(C(=O)N(C)CCOc2cccc(Cl)c2)o1. The minimum Gasteiger partial charge on any atom is -0.492 e. The molecule has 0 saturated carbocycles. The van der Waals surface area contributed by atoms with Crippen LogP contribution < -0.4 is 10.2 Å². The summed E-state index contributed by atoms with van der Waals surface area (Å²) in [6.07, 6.45) is 0. The first-order valence-electron chi connectivity index (χ1n) is 6.71. The van der Waals surface area contributed by atoms with Gasteiger partial charge in [-0.05, 0) is 25.1 Å². The van der Waals surface area contributed by atoms with Crippen molar-refractivity contribution in [2.75, 3.05) is 20.2 Å². The lowest BCUT2D eigenvalue weighted by Gasteiger charge is -2.17. The molecule has 5 nitrogen and oxygen atoms in total. The number of rotatable bonds is 5. The Morgan fingerprint density at radius 3 is 2.77 bits per heavy atom. The molecule has 0 N–H and O–H groups in total. The molecular weight excluding hydrogens is 306 g/mol. The van der Waals surface area contributed by atoms with Gasteiger partial charge in [0, 0.05) is 24.2 Å². The molecule has 1 amide bonds. The number of ether oxygens (including phenoxy) is 1. The van der Waals surface area contributed by atoms with Crippen LogP contribution in [0, 0.1) is 6.92 Å². The summed E-state index contributed by atoms with van der Waals surface area (Å²) in [6, 6.07) is 9.54. The number of carbonyl (C=O) groups is 1. The molecule has 0 aliphatic heterocycles. The van der Waals surface area contributed by atoms with Crippen molar-refractivity contribution in [3.05, 3.63) is 63.2 Å². The van der Waals surface area contributed by atoms with Crippen molar-refractivity contribution in [2.45, 2.75) is 6.92 Å². The molecule has 0 atom stereocenters. The second-order valence-corrected chi connectivity index (χ2v) is 5.24. The molecule has 2 rings (SSSR count). The van der Waals surface area contributed by atoms with Gasteiger partial charge in [-0.2, -0.15) is 0 Å². The smallest absolute Gasteiger partial charge is 0.289 e. The summed E-state index contributed by atoms with van der Waals surface area (Å²) in [5.74, 6) is 0.695. The van der Waals surface area contributed by atoms with Crippen molar-refractivity contribution >= 4 is 17.5 Å². The fourth-order valence-corrected chi connectivity index (χ4v) is 2.04. The zero-order valence-corrected chi connectivity index (χ0v) is 13.1. The maximum absolute atomic E-state index is 12.2. The lowest BCUT2D eigenvalue weighted by Crippen LogP contribution is -2.31. The predicted molar refractivity (Wildman–Crippen MR) is 83.6 cm³/mol. The molecule has 0 bridgehead atoms. The highest BCUT2D eigenvalue weighted by Gasteiger charge is 2.15. The van der Waals surface area contributed by atoms with Gasteiger partial charge in [0.1, 0.15) is 18.1 Å². The number of amides is 1. The van der Waals surface area contributed by atoms with E-state index < -0.39 is 0 Å². The zero-order chi connectivity index (χ0) is 16.1. The molecule has 0 fully saturated rings. The normalized spacial score (nSPS) is 10.3. The lowest BCUT2D eigenvalue weighted by molar-refractivity contribution is 0.0738. The molecule has 22 heavy (non-hydrogen) atoms. The molecule has 6 heteroatoms. The fourth-order valence-electron chi connectivity index (χ4n) is 1.86. The monoisotopic (exact) mass is 321 g/mol. The maximum atomic E-state index is 12.2. The van der Waals surface area contributed by atoms with Crippen molar-refractivity contribution in [2.24, 2.45) is 0 Å².